The summed E-state index contributed by atoms with van der Waals surface area (Å²) in [7, 11) is 0. The van der Waals surface area contributed by atoms with Crippen LogP contribution in [-0.2, 0) is 0 Å². The van der Waals surface area contributed by atoms with Crippen molar-refractivity contribution in [1.29, 1.82) is 0 Å². The highest BCUT2D eigenvalue weighted by atomic mass is 16.2. The van der Waals surface area contributed by atoms with Crippen molar-refractivity contribution in [1.82, 2.24) is 10.2 Å². The monoisotopic (exact) mass is 302 g/mol. The number of Topliss-reactive ketones (excluding diaryl/α,β-unsaturated/α-hetero) is 1. The molecule has 0 atom stereocenters. The highest BCUT2D eigenvalue weighted by Gasteiger charge is 2.26. The fraction of sp³-hybridized carbons (Fsp3) is 0.556. The van der Waals surface area contributed by atoms with Crippen LogP contribution >= 0.6 is 0 Å². The van der Waals surface area contributed by atoms with Crippen LogP contribution in [0.15, 0.2) is 24.3 Å². The molecule has 1 amide bonds. The van der Waals surface area contributed by atoms with Crippen LogP contribution in [0.25, 0.3) is 0 Å². The van der Waals surface area contributed by atoms with Crippen LogP contribution < -0.4 is 5.32 Å². The van der Waals surface area contributed by atoms with Gasteiger partial charge in [-0.3, -0.25) is 9.59 Å². The number of carbonyl (C=O) groups excluding carboxylic acids is 2. The molecule has 0 saturated carbocycles. The number of nitrogens with one attached hydrogen (secondary N) is 1. The van der Waals surface area contributed by atoms with Gasteiger partial charge in [0.2, 0.25) is 0 Å². The largest absolute Gasteiger partial charge is 0.351 e. The van der Waals surface area contributed by atoms with Gasteiger partial charge in [0.15, 0.2) is 5.78 Å². The third kappa shape index (κ3) is 4.17. The van der Waals surface area contributed by atoms with Gasteiger partial charge >= 0.3 is 0 Å². The van der Waals surface area contributed by atoms with Crippen molar-refractivity contribution in [2.75, 3.05) is 26.2 Å². The first-order valence-corrected chi connectivity index (χ1v) is 8.04. The van der Waals surface area contributed by atoms with Gasteiger partial charge in [-0.1, -0.05) is 39.0 Å². The van der Waals surface area contributed by atoms with Crippen molar-refractivity contribution in [2.45, 2.75) is 33.6 Å². The summed E-state index contributed by atoms with van der Waals surface area (Å²) in [5, 5.41) is 2.94. The number of rotatable bonds is 5. The zero-order chi connectivity index (χ0) is 16.2. The maximum absolute atomic E-state index is 12.5. The normalized spacial score (nSPS) is 15.8. The quantitative estimate of drug-likeness (QED) is 0.851. The van der Waals surface area contributed by atoms with Crippen LogP contribution in [0.4, 0.5) is 0 Å². The molecule has 1 aliphatic heterocycles. The topological polar surface area (TPSA) is 49.4 Å². The Labute approximate surface area is 132 Å². The van der Waals surface area contributed by atoms with E-state index in [9.17, 15) is 9.59 Å². The summed E-state index contributed by atoms with van der Waals surface area (Å²) in [5.41, 5.74) is 0.490. The van der Waals surface area contributed by atoms with Gasteiger partial charge in [-0.25, -0.2) is 0 Å². The average Bonchev–Trinajstić information content (AvgIpc) is 2.98. The lowest BCUT2D eigenvalue weighted by molar-refractivity contribution is 0.0847. The Morgan fingerprint density at radius 2 is 1.68 bits per heavy atom. The van der Waals surface area contributed by atoms with E-state index in [1.807, 2.05) is 20.8 Å². The van der Waals surface area contributed by atoms with Crippen LogP contribution in [0, 0.1) is 5.41 Å². The van der Waals surface area contributed by atoms with Gasteiger partial charge in [0, 0.05) is 24.1 Å². The van der Waals surface area contributed by atoms with E-state index in [0.717, 1.165) is 19.6 Å². The summed E-state index contributed by atoms with van der Waals surface area (Å²) >= 11 is 0. The summed E-state index contributed by atoms with van der Waals surface area (Å²) < 4.78 is 0. The highest BCUT2D eigenvalue weighted by Crippen LogP contribution is 2.23. The molecular weight excluding hydrogens is 276 g/mol. The molecule has 1 fully saturated rings. The molecule has 0 aromatic heterocycles. The minimum Gasteiger partial charge on any atom is -0.351 e. The van der Waals surface area contributed by atoms with Gasteiger partial charge in [-0.15, -0.1) is 0 Å². The fourth-order valence-corrected chi connectivity index (χ4v) is 2.71. The van der Waals surface area contributed by atoms with Crippen LogP contribution in [-0.4, -0.2) is 42.8 Å². The molecule has 1 aliphatic rings. The second-order valence-corrected chi connectivity index (χ2v) is 6.93. The number of likely N-dealkylation sites (tertiary alicyclic amines) is 1. The van der Waals surface area contributed by atoms with Crippen LogP contribution in [0.5, 0.6) is 0 Å². The first-order valence-electron chi connectivity index (χ1n) is 8.04. The first-order chi connectivity index (χ1) is 10.4. The van der Waals surface area contributed by atoms with Crippen LogP contribution in [0.3, 0.4) is 0 Å². The third-order valence-electron chi connectivity index (χ3n) is 4.01. The number of benzene rings is 1. The van der Waals surface area contributed by atoms with Crippen molar-refractivity contribution in [3.8, 4) is 0 Å². The zero-order valence-electron chi connectivity index (χ0n) is 13.8. The molecule has 1 heterocycles. The third-order valence-corrected chi connectivity index (χ3v) is 4.01. The number of amides is 1. The Kier molecular flexibility index (Phi) is 5.35. The number of carbonyl (C=O) groups is 2. The molecule has 0 spiro atoms. The molecule has 0 bridgehead atoms. The molecule has 1 aromatic carbocycles. The van der Waals surface area contributed by atoms with Gasteiger partial charge in [0.1, 0.15) is 0 Å². The van der Waals surface area contributed by atoms with Crippen molar-refractivity contribution >= 4 is 11.7 Å². The van der Waals surface area contributed by atoms with Crippen LogP contribution in [0.1, 0.15) is 54.3 Å². The lowest BCUT2D eigenvalue weighted by Gasteiger charge is -2.19. The lowest BCUT2D eigenvalue weighted by atomic mass is 9.84. The Balaban J connectivity index is 2.01. The van der Waals surface area contributed by atoms with E-state index in [4.69, 9.17) is 0 Å². The summed E-state index contributed by atoms with van der Waals surface area (Å²) in [6.45, 7) is 9.36. The summed E-state index contributed by atoms with van der Waals surface area (Å²) in [6.07, 6.45) is 2.49. The van der Waals surface area contributed by atoms with Gasteiger partial charge in [0.25, 0.3) is 5.91 Å². The molecule has 2 rings (SSSR count). The Morgan fingerprint density at radius 1 is 1.09 bits per heavy atom. The Morgan fingerprint density at radius 3 is 2.27 bits per heavy atom. The van der Waals surface area contributed by atoms with Gasteiger partial charge in [0.05, 0.1) is 5.56 Å². The second kappa shape index (κ2) is 7.05. The van der Waals surface area contributed by atoms with E-state index in [2.05, 4.69) is 10.2 Å². The van der Waals surface area contributed by atoms with E-state index in [0.29, 0.717) is 17.7 Å². The second-order valence-electron chi connectivity index (χ2n) is 6.93. The predicted molar refractivity (Wildman–Crippen MR) is 88.2 cm³/mol. The highest BCUT2D eigenvalue weighted by molar-refractivity contribution is 6.09. The standard InChI is InChI=1S/C18H26N2O2/c1-18(2,3)16(21)14-8-4-5-9-15(14)17(22)19-10-13-20-11-6-7-12-20/h4-5,8-9H,6-7,10-13H2,1-3H3,(H,19,22). The van der Waals surface area contributed by atoms with Crippen molar-refractivity contribution in [3.63, 3.8) is 0 Å². The predicted octanol–water partition coefficient (Wildman–Crippen LogP) is 2.74. The van der Waals surface area contributed by atoms with Gasteiger partial charge < -0.3 is 10.2 Å². The average molecular weight is 302 g/mol. The molecule has 120 valence electrons. The minimum atomic E-state index is -0.494. The maximum Gasteiger partial charge on any atom is 0.252 e. The molecule has 22 heavy (non-hydrogen) atoms. The van der Waals surface area contributed by atoms with Crippen LogP contribution in [0.2, 0.25) is 0 Å². The van der Waals surface area contributed by atoms with E-state index in [1.165, 1.54) is 12.8 Å². The summed E-state index contributed by atoms with van der Waals surface area (Å²) in [4.78, 5) is 27.2. The van der Waals surface area contributed by atoms with Crippen molar-refractivity contribution in [2.24, 2.45) is 5.41 Å². The molecule has 0 aliphatic carbocycles. The fourth-order valence-electron chi connectivity index (χ4n) is 2.71. The molecule has 0 radical (unpaired) electrons. The number of ketones is 1. The Bertz CT molecular complexity index is 540. The van der Waals surface area contributed by atoms with Crippen molar-refractivity contribution in [3.05, 3.63) is 35.4 Å². The smallest absolute Gasteiger partial charge is 0.252 e. The maximum atomic E-state index is 12.5. The van der Waals surface area contributed by atoms with Crippen molar-refractivity contribution < 1.29 is 9.59 Å². The van der Waals surface area contributed by atoms with E-state index in [1.54, 1.807) is 24.3 Å². The molecule has 4 nitrogen and oxygen atoms in total. The van der Waals surface area contributed by atoms with Gasteiger partial charge in [-0.2, -0.15) is 0 Å². The summed E-state index contributed by atoms with van der Waals surface area (Å²) in [6, 6.07) is 7.07. The molecule has 0 unspecified atom stereocenters. The molecular formula is C18H26N2O2. The zero-order valence-corrected chi connectivity index (χ0v) is 13.8. The molecule has 1 N–H and O–H groups in total. The molecule has 1 saturated heterocycles. The molecule has 1 aromatic rings. The lowest BCUT2D eigenvalue weighted by Crippen LogP contribution is -2.34. The minimum absolute atomic E-state index is 0.00204. The Hall–Kier alpha value is -1.68. The number of nitrogens with zero attached hydrogens (tertiary/aromatic N) is 1. The van der Waals surface area contributed by atoms with E-state index < -0.39 is 5.41 Å². The first kappa shape index (κ1) is 16.7. The van der Waals surface area contributed by atoms with E-state index >= 15 is 0 Å². The van der Waals surface area contributed by atoms with E-state index in [-0.39, 0.29) is 11.7 Å². The van der Waals surface area contributed by atoms with Gasteiger partial charge in [-0.05, 0) is 32.0 Å². The number of hydrogen-bond acceptors (Lipinski definition) is 3. The number of hydrogen-bond donors (Lipinski definition) is 1. The molecule has 4 heteroatoms. The summed E-state index contributed by atoms with van der Waals surface area (Å²) in [5.74, 6) is -0.162. The SMILES string of the molecule is CC(C)(C)C(=O)c1ccccc1C(=O)NCCN1CCCC1.